The molecule has 3 heteroatoms. The third-order valence-corrected chi connectivity index (χ3v) is 3.71. The van der Waals surface area contributed by atoms with Crippen LogP contribution >= 0.6 is 15.9 Å². The van der Waals surface area contributed by atoms with Crippen LogP contribution in [0.25, 0.3) is 0 Å². The summed E-state index contributed by atoms with van der Waals surface area (Å²) in [6.45, 7) is -0.00303. The van der Waals surface area contributed by atoms with Gasteiger partial charge in [0.15, 0.2) is 0 Å². The van der Waals surface area contributed by atoms with E-state index in [4.69, 9.17) is 0 Å². The van der Waals surface area contributed by atoms with E-state index in [1.165, 1.54) is 6.07 Å². The molecule has 94 valence electrons. The van der Waals surface area contributed by atoms with Crippen molar-refractivity contribution in [1.82, 2.24) is 0 Å². The Morgan fingerprint density at radius 3 is 2.39 bits per heavy atom. The molecular weight excluding hydrogens is 295 g/mol. The fraction of sp³-hybridized carbons (Fsp3) is 0.200. The molecule has 0 aliphatic carbocycles. The number of hydrogen-bond donors (Lipinski definition) is 1. The average Bonchev–Trinajstić information content (AvgIpc) is 2.39. The third kappa shape index (κ3) is 2.98. The van der Waals surface area contributed by atoms with E-state index in [1.807, 2.05) is 30.3 Å². The molecule has 0 amide bonds. The molecule has 0 heterocycles. The Bertz CT molecular complexity index is 527. The quantitative estimate of drug-likeness (QED) is 0.908. The maximum atomic E-state index is 13.6. The molecule has 0 saturated carbocycles. The van der Waals surface area contributed by atoms with Crippen molar-refractivity contribution in [3.63, 3.8) is 0 Å². The topological polar surface area (TPSA) is 20.2 Å². The summed E-state index contributed by atoms with van der Waals surface area (Å²) in [5.41, 5.74) is 1.63. The molecule has 0 aromatic heterocycles. The van der Waals surface area contributed by atoms with E-state index < -0.39 is 0 Å². The second-order valence-electron chi connectivity index (χ2n) is 4.20. The highest BCUT2D eigenvalue weighted by atomic mass is 79.9. The molecule has 0 aliphatic heterocycles. The van der Waals surface area contributed by atoms with E-state index in [2.05, 4.69) is 15.9 Å². The number of aliphatic hydroxyl groups excluding tert-OH is 1. The summed E-state index contributed by atoms with van der Waals surface area (Å²) in [5.74, 6) is -0.319. The zero-order valence-electron chi connectivity index (χ0n) is 9.81. The van der Waals surface area contributed by atoms with Gasteiger partial charge in [0.1, 0.15) is 5.82 Å². The van der Waals surface area contributed by atoms with Gasteiger partial charge in [0, 0.05) is 10.4 Å². The zero-order chi connectivity index (χ0) is 13.0. The van der Waals surface area contributed by atoms with Crippen molar-refractivity contribution in [2.75, 3.05) is 6.61 Å². The van der Waals surface area contributed by atoms with Crippen LogP contribution in [0.2, 0.25) is 0 Å². The Morgan fingerprint density at radius 1 is 1.06 bits per heavy atom. The van der Waals surface area contributed by atoms with Crippen LogP contribution in [0.5, 0.6) is 0 Å². The van der Waals surface area contributed by atoms with Gasteiger partial charge < -0.3 is 5.11 Å². The number of hydrogen-bond acceptors (Lipinski definition) is 1. The summed E-state index contributed by atoms with van der Waals surface area (Å²) in [6, 6.07) is 14.4. The lowest BCUT2D eigenvalue weighted by atomic mass is 9.92. The van der Waals surface area contributed by atoms with Crippen LogP contribution < -0.4 is 0 Å². The van der Waals surface area contributed by atoms with Crippen molar-refractivity contribution in [3.8, 4) is 0 Å². The first-order valence-corrected chi connectivity index (χ1v) is 6.60. The summed E-state index contributed by atoms with van der Waals surface area (Å²) in [7, 11) is 0. The maximum absolute atomic E-state index is 13.6. The molecule has 18 heavy (non-hydrogen) atoms. The molecule has 0 radical (unpaired) electrons. The largest absolute Gasteiger partial charge is 0.396 e. The van der Waals surface area contributed by atoms with Crippen LogP contribution in [0.1, 0.15) is 17.0 Å². The minimum Gasteiger partial charge on any atom is -0.396 e. The van der Waals surface area contributed by atoms with Crippen LogP contribution in [0.4, 0.5) is 4.39 Å². The minimum atomic E-state index is -0.219. The van der Waals surface area contributed by atoms with Crippen molar-refractivity contribution in [2.24, 2.45) is 0 Å². The van der Waals surface area contributed by atoms with Gasteiger partial charge >= 0.3 is 0 Å². The summed E-state index contributed by atoms with van der Waals surface area (Å²) in [5, 5.41) is 9.51. The van der Waals surface area contributed by atoms with Crippen LogP contribution in [0.15, 0.2) is 53.0 Å². The number of halogens is 2. The summed E-state index contributed by atoms with van der Waals surface area (Å²) in [4.78, 5) is 0. The second-order valence-corrected chi connectivity index (χ2v) is 5.05. The zero-order valence-corrected chi connectivity index (χ0v) is 11.4. The fourth-order valence-corrected chi connectivity index (χ4v) is 2.62. The Hall–Kier alpha value is -1.19. The molecule has 0 fully saturated rings. The molecule has 2 aromatic rings. The maximum Gasteiger partial charge on any atom is 0.126 e. The Balaban J connectivity index is 2.26. The van der Waals surface area contributed by atoms with Gasteiger partial charge in [-0.15, -0.1) is 0 Å². The first-order valence-electron chi connectivity index (χ1n) is 5.81. The van der Waals surface area contributed by atoms with E-state index in [0.717, 1.165) is 10.0 Å². The van der Waals surface area contributed by atoms with Crippen molar-refractivity contribution in [1.29, 1.82) is 0 Å². The fourth-order valence-electron chi connectivity index (χ4n) is 2.01. The van der Waals surface area contributed by atoms with Crippen LogP contribution in [-0.2, 0) is 6.42 Å². The van der Waals surface area contributed by atoms with E-state index >= 15 is 0 Å². The Morgan fingerprint density at radius 2 is 1.72 bits per heavy atom. The number of aliphatic hydroxyl groups is 1. The lowest BCUT2D eigenvalue weighted by Crippen LogP contribution is -2.09. The average molecular weight is 309 g/mol. The molecule has 0 aliphatic rings. The first-order chi connectivity index (χ1) is 8.72. The summed E-state index contributed by atoms with van der Waals surface area (Å²) < 4.78 is 14.6. The smallest absolute Gasteiger partial charge is 0.126 e. The van der Waals surface area contributed by atoms with E-state index in [-0.39, 0.29) is 18.3 Å². The number of benzene rings is 2. The first kappa shape index (κ1) is 13.2. The molecule has 0 saturated heterocycles. The van der Waals surface area contributed by atoms with E-state index in [1.54, 1.807) is 12.1 Å². The summed E-state index contributed by atoms with van der Waals surface area (Å²) >= 11 is 3.46. The monoisotopic (exact) mass is 308 g/mol. The Kier molecular flexibility index (Phi) is 4.50. The van der Waals surface area contributed by atoms with E-state index in [9.17, 15) is 9.50 Å². The highest BCUT2D eigenvalue weighted by molar-refractivity contribution is 9.10. The van der Waals surface area contributed by atoms with Crippen molar-refractivity contribution in [2.45, 2.75) is 12.3 Å². The lowest BCUT2D eigenvalue weighted by Gasteiger charge is -2.16. The minimum absolute atomic E-state index is 0.00303. The highest BCUT2D eigenvalue weighted by Crippen LogP contribution is 2.28. The molecule has 1 nitrogen and oxygen atoms in total. The number of rotatable bonds is 4. The van der Waals surface area contributed by atoms with Gasteiger partial charge in [0.25, 0.3) is 0 Å². The predicted octanol–water partition coefficient (Wildman–Crippen LogP) is 3.91. The van der Waals surface area contributed by atoms with Gasteiger partial charge in [-0.2, -0.15) is 0 Å². The highest BCUT2D eigenvalue weighted by Gasteiger charge is 2.15. The molecule has 0 spiro atoms. The van der Waals surface area contributed by atoms with Crippen molar-refractivity contribution in [3.05, 3.63) is 69.9 Å². The van der Waals surface area contributed by atoms with E-state index in [0.29, 0.717) is 12.0 Å². The molecule has 1 atom stereocenters. The van der Waals surface area contributed by atoms with Gasteiger partial charge in [-0.25, -0.2) is 4.39 Å². The molecular formula is C15H14BrFO. The normalized spacial score (nSPS) is 12.4. The van der Waals surface area contributed by atoms with Gasteiger partial charge in [-0.3, -0.25) is 0 Å². The molecule has 2 rings (SSSR count). The predicted molar refractivity (Wildman–Crippen MR) is 74.1 cm³/mol. The molecule has 0 bridgehead atoms. The third-order valence-electron chi connectivity index (χ3n) is 2.99. The SMILES string of the molecule is OCC(Cc1ccccc1F)c1ccccc1Br. The lowest BCUT2D eigenvalue weighted by molar-refractivity contribution is 0.263. The van der Waals surface area contributed by atoms with Gasteiger partial charge in [-0.05, 0) is 29.7 Å². The standard InChI is InChI=1S/C15H14BrFO/c16-14-7-3-2-6-13(14)12(10-18)9-11-5-1-4-8-15(11)17/h1-8,12,18H,9-10H2. The van der Waals surface area contributed by atoms with Crippen LogP contribution in [0.3, 0.4) is 0 Å². The van der Waals surface area contributed by atoms with Gasteiger partial charge in [0.05, 0.1) is 6.61 Å². The van der Waals surface area contributed by atoms with Crippen LogP contribution in [0, 0.1) is 5.82 Å². The van der Waals surface area contributed by atoms with Gasteiger partial charge in [0.2, 0.25) is 0 Å². The molecule has 2 aromatic carbocycles. The second kappa shape index (κ2) is 6.12. The van der Waals surface area contributed by atoms with Crippen molar-refractivity contribution < 1.29 is 9.50 Å². The van der Waals surface area contributed by atoms with Gasteiger partial charge in [-0.1, -0.05) is 52.3 Å². The molecule has 1 N–H and O–H groups in total. The molecule has 1 unspecified atom stereocenters. The van der Waals surface area contributed by atoms with Crippen LogP contribution in [-0.4, -0.2) is 11.7 Å². The Labute approximate surface area is 114 Å². The summed E-state index contributed by atoms with van der Waals surface area (Å²) in [6.07, 6.45) is 0.492. The van der Waals surface area contributed by atoms with Crippen molar-refractivity contribution >= 4 is 15.9 Å².